The molecule has 1 aromatic rings. The maximum atomic E-state index is 12.2. The summed E-state index contributed by atoms with van der Waals surface area (Å²) < 4.78 is 8.19. The first kappa shape index (κ1) is 14.8. The quantitative estimate of drug-likeness (QED) is 0.884. The summed E-state index contributed by atoms with van der Waals surface area (Å²) in [5.41, 5.74) is 3.24. The second-order valence-electron chi connectivity index (χ2n) is 6.63. The van der Waals surface area contributed by atoms with Crippen molar-refractivity contribution in [1.82, 2.24) is 5.32 Å². The first-order valence-electron chi connectivity index (χ1n) is 8.14. The monoisotopic (exact) mass is 296 g/mol. The summed E-state index contributed by atoms with van der Waals surface area (Å²) in [5, 5.41) is 2.82. The minimum absolute atomic E-state index is 0.118. The molecule has 0 aliphatic heterocycles. The molecule has 116 valence electrons. The Bertz CT molecular complexity index is 649. The zero-order valence-electron chi connectivity index (χ0n) is 14.6. The number of hydrogen-bond donors (Lipinski definition) is 1. The zero-order chi connectivity index (χ0) is 17.1. The van der Waals surface area contributed by atoms with E-state index in [-0.39, 0.29) is 11.3 Å². The SMILES string of the molecule is [2H]C1(C(=O)NCC(=C)c2ccc(C(C)(C)C)cc2)C=CC=CC1. The van der Waals surface area contributed by atoms with E-state index >= 15 is 0 Å². The van der Waals surface area contributed by atoms with Crippen LogP contribution in [-0.2, 0) is 10.2 Å². The van der Waals surface area contributed by atoms with Gasteiger partial charge in [0.2, 0.25) is 5.91 Å². The van der Waals surface area contributed by atoms with Gasteiger partial charge in [-0.2, -0.15) is 0 Å². The summed E-state index contributed by atoms with van der Waals surface area (Å²) >= 11 is 0. The van der Waals surface area contributed by atoms with Crippen LogP contribution >= 0.6 is 0 Å². The fraction of sp³-hybridized carbons (Fsp3) is 0.350. The van der Waals surface area contributed by atoms with E-state index in [0.717, 1.165) is 11.1 Å². The van der Waals surface area contributed by atoms with Crippen LogP contribution in [0, 0.1) is 5.89 Å². The second kappa shape index (κ2) is 6.78. The van der Waals surface area contributed by atoms with Gasteiger partial charge in [0, 0.05) is 7.92 Å². The summed E-state index contributed by atoms with van der Waals surface area (Å²) in [4.78, 5) is 12.2. The predicted molar refractivity (Wildman–Crippen MR) is 93.6 cm³/mol. The van der Waals surface area contributed by atoms with Crippen LogP contribution in [0.2, 0.25) is 0 Å². The smallest absolute Gasteiger partial charge is 0.227 e. The van der Waals surface area contributed by atoms with Gasteiger partial charge in [-0.05, 0) is 28.5 Å². The van der Waals surface area contributed by atoms with Crippen LogP contribution in [0.1, 0.15) is 39.7 Å². The molecule has 22 heavy (non-hydrogen) atoms. The van der Waals surface area contributed by atoms with Gasteiger partial charge < -0.3 is 5.32 Å². The van der Waals surface area contributed by atoms with Crippen LogP contribution < -0.4 is 5.32 Å². The van der Waals surface area contributed by atoms with Crippen molar-refractivity contribution in [3.63, 3.8) is 0 Å². The van der Waals surface area contributed by atoms with Crippen LogP contribution in [0.3, 0.4) is 0 Å². The molecule has 1 atom stereocenters. The van der Waals surface area contributed by atoms with Gasteiger partial charge >= 0.3 is 0 Å². The van der Waals surface area contributed by atoms with Gasteiger partial charge in [-0.25, -0.2) is 0 Å². The largest absolute Gasteiger partial charge is 0.352 e. The molecule has 0 saturated carbocycles. The van der Waals surface area contributed by atoms with Crippen LogP contribution in [0.5, 0.6) is 0 Å². The third kappa shape index (κ3) is 4.20. The van der Waals surface area contributed by atoms with Gasteiger partial charge in [-0.15, -0.1) is 0 Å². The highest BCUT2D eigenvalue weighted by Gasteiger charge is 2.16. The molecule has 0 saturated heterocycles. The van der Waals surface area contributed by atoms with Crippen LogP contribution in [0.4, 0.5) is 0 Å². The summed E-state index contributed by atoms with van der Waals surface area (Å²) in [6, 6.07) is 8.27. The maximum absolute atomic E-state index is 12.2. The molecule has 0 radical (unpaired) electrons. The fourth-order valence-electron chi connectivity index (χ4n) is 2.29. The molecule has 1 aromatic carbocycles. The number of carbonyl (C=O) groups is 1. The molecule has 0 fully saturated rings. The van der Waals surface area contributed by atoms with Gasteiger partial charge in [0.1, 0.15) is 0 Å². The van der Waals surface area contributed by atoms with Gasteiger partial charge in [0.05, 0.1) is 5.89 Å². The van der Waals surface area contributed by atoms with E-state index in [9.17, 15) is 4.79 Å². The Morgan fingerprint density at radius 2 is 2.00 bits per heavy atom. The van der Waals surface area contributed by atoms with E-state index in [1.54, 1.807) is 12.2 Å². The molecule has 2 heteroatoms. The van der Waals surface area contributed by atoms with Gasteiger partial charge in [-0.1, -0.05) is 75.9 Å². The van der Waals surface area contributed by atoms with Crippen molar-refractivity contribution in [2.45, 2.75) is 32.6 Å². The number of benzene rings is 1. The first-order valence-corrected chi connectivity index (χ1v) is 7.64. The lowest BCUT2D eigenvalue weighted by Gasteiger charge is -2.19. The Morgan fingerprint density at radius 1 is 1.32 bits per heavy atom. The van der Waals surface area contributed by atoms with E-state index in [2.05, 4.69) is 44.8 Å². The molecule has 0 spiro atoms. The number of allylic oxidation sites excluding steroid dienone is 3. The van der Waals surface area contributed by atoms with E-state index in [1.807, 2.05) is 24.3 Å². The highest BCUT2D eigenvalue weighted by Crippen LogP contribution is 2.23. The number of rotatable bonds is 4. The molecule has 0 bridgehead atoms. The third-order valence-electron chi connectivity index (χ3n) is 3.80. The van der Waals surface area contributed by atoms with Gasteiger partial charge in [-0.3, -0.25) is 4.79 Å². The molecule has 1 N–H and O–H groups in total. The molecule has 0 heterocycles. The Morgan fingerprint density at radius 3 is 2.55 bits per heavy atom. The van der Waals surface area contributed by atoms with E-state index < -0.39 is 5.89 Å². The Balaban J connectivity index is 1.96. The molecule has 1 aliphatic carbocycles. The van der Waals surface area contributed by atoms with Crippen LogP contribution in [0.15, 0.2) is 55.1 Å². The molecular formula is C20H25NO. The maximum Gasteiger partial charge on any atom is 0.227 e. The summed E-state index contributed by atoms with van der Waals surface area (Å²) in [6.07, 6.45) is 7.48. The average molecular weight is 296 g/mol. The predicted octanol–water partition coefficient (Wildman–Crippen LogP) is 4.25. The second-order valence-corrected chi connectivity index (χ2v) is 6.63. The fourth-order valence-corrected chi connectivity index (χ4v) is 2.29. The lowest BCUT2D eigenvalue weighted by Crippen LogP contribution is -2.31. The minimum Gasteiger partial charge on any atom is -0.352 e. The summed E-state index contributed by atoms with van der Waals surface area (Å²) in [5.74, 6) is -1.49. The van der Waals surface area contributed by atoms with E-state index in [1.165, 1.54) is 5.56 Å². The van der Waals surface area contributed by atoms with Crippen LogP contribution in [-0.4, -0.2) is 12.5 Å². The lowest BCUT2D eigenvalue weighted by molar-refractivity contribution is -0.123. The Labute approximate surface area is 135 Å². The highest BCUT2D eigenvalue weighted by molar-refractivity contribution is 5.82. The molecule has 1 aliphatic rings. The van der Waals surface area contributed by atoms with Crippen molar-refractivity contribution >= 4 is 11.5 Å². The molecule has 1 unspecified atom stereocenters. The third-order valence-corrected chi connectivity index (χ3v) is 3.80. The average Bonchev–Trinajstić information content (AvgIpc) is 2.52. The van der Waals surface area contributed by atoms with Crippen molar-refractivity contribution in [3.8, 4) is 0 Å². The van der Waals surface area contributed by atoms with Crippen molar-refractivity contribution in [2.75, 3.05) is 6.54 Å². The summed E-state index contributed by atoms with van der Waals surface area (Å²) in [6.45, 7) is 10.9. The van der Waals surface area contributed by atoms with Crippen molar-refractivity contribution in [2.24, 2.45) is 5.89 Å². The Hall–Kier alpha value is -2.09. The molecule has 2 nitrogen and oxygen atoms in total. The standard InChI is InChI=1S/C20H25NO/c1-15(14-21-19(22)17-8-6-5-7-9-17)16-10-12-18(13-11-16)20(2,3)4/h5-8,10-13,17H,1,9,14H2,2-4H3,(H,21,22)/i17D. The Kier molecular flexibility index (Phi) is 4.57. The number of hydrogen-bond acceptors (Lipinski definition) is 1. The van der Waals surface area contributed by atoms with Gasteiger partial charge in [0.25, 0.3) is 0 Å². The number of amides is 1. The minimum atomic E-state index is -1.20. The van der Waals surface area contributed by atoms with E-state index in [0.29, 0.717) is 13.0 Å². The van der Waals surface area contributed by atoms with Crippen molar-refractivity contribution < 1.29 is 6.17 Å². The summed E-state index contributed by atoms with van der Waals surface area (Å²) in [7, 11) is 0. The zero-order valence-corrected chi connectivity index (χ0v) is 13.6. The number of carbonyl (C=O) groups excluding carboxylic acids is 1. The number of nitrogens with one attached hydrogen (secondary N) is 1. The van der Waals surface area contributed by atoms with Gasteiger partial charge in [0.15, 0.2) is 0 Å². The molecule has 1 amide bonds. The lowest BCUT2D eigenvalue weighted by atomic mass is 9.86. The van der Waals surface area contributed by atoms with Crippen molar-refractivity contribution in [3.05, 3.63) is 66.3 Å². The highest BCUT2D eigenvalue weighted by atomic mass is 16.1. The topological polar surface area (TPSA) is 29.1 Å². The molecule has 2 rings (SSSR count). The normalized spacial score (nSPS) is 21.3. The molecule has 0 aromatic heterocycles. The molecular weight excluding hydrogens is 270 g/mol. The first-order chi connectivity index (χ1) is 10.7. The van der Waals surface area contributed by atoms with Crippen LogP contribution in [0.25, 0.3) is 5.57 Å². The van der Waals surface area contributed by atoms with Crippen molar-refractivity contribution in [1.29, 1.82) is 0 Å². The van der Waals surface area contributed by atoms with E-state index in [4.69, 9.17) is 1.37 Å².